The summed E-state index contributed by atoms with van der Waals surface area (Å²) < 4.78 is 0. The lowest BCUT2D eigenvalue weighted by Crippen LogP contribution is -2.27. The average Bonchev–Trinajstić information content (AvgIpc) is 2.30. The number of rotatable bonds is 0. The highest BCUT2D eigenvalue weighted by Gasteiger charge is 2.05. The van der Waals surface area contributed by atoms with Gasteiger partial charge in [-0.1, -0.05) is 61.6 Å². The summed E-state index contributed by atoms with van der Waals surface area (Å²) in [5.41, 5.74) is 1.41. The van der Waals surface area contributed by atoms with E-state index in [1.807, 2.05) is 0 Å². The molecule has 2 rings (SSSR count). The van der Waals surface area contributed by atoms with Crippen molar-refractivity contribution in [1.29, 1.82) is 0 Å². The largest absolute Gasteiger partial charge is 0.0798 e. The van der Waals surface area contributed by atoms with Crippen LogP contribution in [0.1, 0.15) is 13.8 Å². The Morgan fingerprint density at radius 2 is 1.93 bits per heavy atom. The van der Waals surface area contributed by atoms with Crippen LogP contribution in [0.5, 0.6) is 0 Å². The molecule has 1 atom stereocenters. The molecule has 1 aliphatic carbocycles. The van der Waals surface area contributed by atoms with Crippen molar-refractivity contribution in [3.8, 4) is 0 Å². The molecule has 1 aromatic rings. The molecule has 0 nitrogen and oxygen atoms in total. The van der Waals surface area contributed by atoms with E-state index in [0.717, 1.165) is 0 Å². The van der Waals surface area contributed by atoms with E-state index in [-0.39, 0.29) is 0 Å². The predicted octanol–water partition coefficient (Wildman–Crippen LogP) is 2.40. The number of hydrogen-bond donors (Lipinski definition) is 0. The summed E-state index contributed by atoms with van der Waals surface area (Å²) in [5, 5.41) is 2.67. The van der Waals surface area contributed by atoms with Crippen molar-refractivity contribution >= 4 is 11.6 Å². The van der Waals surface area contributed by atoms with Gasteiger partial charge in [0.2, 0.25) is 0 Å². The second-order valence-electron chi connectivity index (χ2n) is 3.86. The van der Waals surface area contributed by atoms with E-state index in [1.165, 1.54) is 16.0 Å². The monoisotopic (exact) mass is 196 g/mol. The molecular weight excluding hydrogens is 180 g/mol. The normalized spacial score (nSPS) is 24.7. The quantitative estimate of drug-likeness (QED) is 0.597. The van der Waals surface area contributed by atoms with Crippen LogP contribution in [0.2, 0.25) is 0 Å². The van der Waals surface area contributed by atoms with E-state index >= 15 is 0 Å². The highest BCUT2D eigenvalue weighted by atomic mass is 14.1. The maximum Gasteiger partial charge on any atom is -0.000117 e. The van der Waals surface area contributed by atoms with Crippen LogP contribution in [-0.2, 0) is 0 Å². The van der Waals surface area contributed by atoms with Gasteiger partial charge in [-0.3, -0.25) is 0 Å². The molecule has 0 radical (unpaired) electrons. The van der Waals surface area contributed by atoms with Crippen molar-refractivity contribution in [1.82, 2.24) is 0 Å². The maximum absolute atomic E-state index is 2.24. The lowest BCUT2D eigenvalue weighted by molar-refractivity contribution is 0.956. The third-order valence-corrected chi connectivity index (χ3v) is 2.86. The molecule has 0 aliphatic heterocycles. The summed E-state index contributed by atoms with van der Waals surface area (Å²) in [5.74, 6) is 0.510. The fraction of sp³-hybridized carbons (Fsp3) is 0.200. The molecular formula is C15H16. The lowest BCUT2D eigenvalue weighted by Gasteiger charge is -2.11. The van der Waals surface area contributed by atoms with Gasteiger partial charge in [-0.2, -0.15) is 0 Å². The second-order valence-corrected chi connectivity index (χ2v) is 3.86. The average molecular weight is 196 g/mol. The van der Waals surface area contributed by atoms with Crippen LogP contribution in [-0.4, -0.2) is 0 Å². The summed E-state index contributed by atoms with van der Waals surface area (Å²) in [6.07, 6.45) is 10.9. The van der Waals surface area contributed by atoms with Crippen LogP contribution >= 0.6 is 0 Å². The minimum absolute atomic E-state index is 0.510. The van der Waals surface area contributed by atoms with E-state index in [4.69, 9.17) is 0 Å². The first-order valence-corrected chi connectivity index (χ1v) is 5.43. The molecule has 1 aromatic carbocycles. The van der Waals surface area contributed by atoms with Crippen molar-refractivity contribution < 1.29 is 0 Å². The Kier molecular flexibility index (Phi) is 2.86. The first-order valence-electron chi connectivity index (χ1n) is 5.43. The van der Waals surface area contributed by atoms with Gasteiger partial charge in [0.1, 0.15) is 0 Å². The summed E-state index contributed by atoms with van der Waals surface area (Å²) in [6, 6.07) is 8.56. The molecule has 1 unspecified atom stereocenters. The smallest absolute Gasteiger partial charge is 0.000117 e. The minimum Gasteiger partial charge on any atom is -0.0798 e. The SMILES string of the molecule is CC=c1cccc/c1=C1\C=CC=CC1C. The number of allylic oxidation sites excluding steroid dienone is 4. The zero-order chi connectivity index (χ0) is 10.7. The highest BCUT2D eigenvalue weighted by Crippen LogP contribution is 2.16. The van der Waals surface area contributed by atoms with Crippen LogP contribution in [0.3, 0.4) is 0 Å². The molecule has 0 spiro atoms. The van der Waals surface area contributed by atoms with E-state index in [2.05, 4.69) is 68.5 Å². The molecule has 1 aliphatic rings. The van der Waals surface area contributed by atoms with E-state index < -0.39 is 0 Å². The molecule has 0 fully saturated rings. The van der Waals surface area contributed by atoms with Gasteiger partial charge in [-0.05, 0) is 28.9 Å². The van der Waals surface area contributed by atoms with E-state index in [0.29, 0.717) is 5.92 Å². The van der Waals surface area contributed by atoms with Gasteiger partial charge >= 0.3 is 0 Å². The third-order valence-electron chi connectivity index (χ3n) is 2.86. The molecule has 0 amide bonds. The zero-order valence-electron chi connectivity index (χ0n) is 9.27. The predicted molar refractivity (Wildman–Crippen MR) is 66.7 cm³/mol. The van der Waals surface area contributed by atoms with Gasteiger partial charge in [0.05, 0.1) is 0 Å². The van der Waals surface area contributed by atoms with Gasteiger partial charge in [0.15, 0.2) is 0 Å². The topological polar surface area (TPSA) is 0 Å². The Morgan fingerprint density at radius 3 is 2.67 bits per heavy atom. The van der Waals surface area contributed by atoms with Crippen molar-refractivity contribution in [3.63, 3.8) is 0 Å². The first kappa shape index (κ1) is 9.97. The van der Waals surface area contributed by atoms with Gasteiger partial charge in [-0.25, -0.2) is 0 Å². The number of hydrogen-bond acceptors (Lipinski definition) is 0. The zero-order valence-corrected chi connectivity index (χ0v) is 9.27. The third kappa shape index (κ3) is 1.94. The fourth-order valence-electron chi connectivity index (χ4n) is 1.99. The molecule has 15 heavy (non-hydrogen) atoms. The van der Waals surface area contributed by atoms with Crippen LogP contribution in [0.4, 0.5) is 0 Å². The van der Waals surface area contributed by atoms with Crippen LogP contribution < -0.4 is 10.4 Å². The van der Waals surface area contributed by atoms with Crippen LogP contribution in [0.25, 0.3) is 11.6 Å². The molecule has 0 bridgehead atoms. The van der Waals surface area contributed by atoms with Gasteiger partial charge < -0.3 is 0 Å². The molecule has 0 N–H and O–H groups in total. The fourth-order valence-corrected chi connectivity index (χ4v) is 1.99. The summed E-state index contributed by atoms with van der Waals surface area (Å²) >= 11 is 0. The van der Waals surface area contributed by atoms with Crippen molar-refractivity contribution in [2.75, 3.05) is 0 Å². The standard InChI is InChI=1S/C15H16/c1-3-13-9-5-7-11-15(13)14-10-6-4-8-12(14)2/h3-12H,1-2H3/b13-3?,15-14-. The van der Waals surface area contributed by atoms with E-state index in [9.17, 15) is 0 Å². The van der Waals surface area contributed by atoms with Gasteiger partial charge in [-0.15, -0.1) is 0 Å². The van der Waals surface area contributed by atoms with Crippen molar-refractivity contribution in [3.05, 3.63) is 59.0 Å². The molecule has 0 saturated heterocycles. The molecule has 0 aromatic heterocycles. The summed E-state index contributed by atoms with van der Waals surface area (Å²) in [7, 11) is 0. The molecule has 76 valence electrons. The summed E-state index contributed by atoms with van der Waals surface area (Å²) in [6.45, 7) is 4.33. The number of benzene rings is 1. The van der Waals surface area contributed by atoms with Crippen molar-refractivity contribution in [2.45, 2.75) is 13.8 Å². The lowest BCUT2D eigenvalue weighted by atomic mass is 9.93. The van der Waals surface area contributed by atoms with Crippen LogP contribution in [0.15, 0.2) is 48.6 Å². The maximum atomic E-state index is 2.24. The second kappa shape index (κ2) is 4.31. The van der Waals surface area contributed by atoms with Crippen molar-refractivity contribution in [2.24, 2.45) is 5.92 Å². The Balaban J connectivity index is 2.76. The van der Waals surface area contributed by atoms with Crippen LogP contribution in [0, 0.1) is 5.92 Å². The Bertz CT molecular complexity index is 515. The molecule has 0 saturated carbocycles. The first-order chi connectivity index (χ1) is 7.33. The molecule has 0 heterocycles. The Labute approximate surface area is 91.0 Å². The Hall–Kier alpha value is -1.56. The van der Waals surface area contributed by atoms with Gasteiger partial charge in [0.25, 0.3) is 0 Å². The highest BCUT2D eigenvalue weighted by molar-refractivity contribution is 5.63. The van der Waals surface area contributed by atoms with E-state index in [1.54, 1.807) is 0 Å². The summed E-state index contributed by atoms with van der Waals surface area (Å²) in [4.78, 5) is 0. The Morgan fingerprint density at radius 1 is 1.13 bits per heavy atom. The van der Waals surface area contributed by atoms with Gasteiger partial charge in [0, 0.05) is 0 Å². The molecule has 0 heteroatoms. The minimum atomic E-state index is 0.510.